The number of thioether (sulfide) groups is 1. The van der Waals surface area contributed by atoms with Crippen LogP contribution in [0, 0.1) is 12.3 Å². The van der Waals surface area contributed by atoms with E-state index in [9.17, 15) is 4.79 Å². The van der Waals surface area contributed by atoms with Crippen molar-refractivity contribution in [1.82, 2.24) is 15.1 Å². The van der Waals surface area contributed by atoms with E-state index in [1.807, 2.05) is 24.7 Å². The van der Waals surface area contributed by atoms with Crippen LogP contribution in [0.4, 0.5) is 0 Å². The van der Waals surface area contributed by atoms with E-state index >= 15 is 0 Å². The molecule has 16 heavy (non-hydrogen) atoms. The summed E-state index contributed by atoms with van der Waals surface area (Å²) in [5.74, 6) is -0.210. The Morgan fingerprint density at radius 3 is 2.94 bits per heavy atom. The van der Waals surface area contributed by atoms with Crippen molar-refractivity contribution in [2.45, 2.75) is 20.4 Å². The van der Waals surface area contributed by atoms with Crippen LogP contribution < -0.4 is 5.32 Å². The molecule has 5 nitrogen and oxygen atoms in total. The van der Waals surface area contributed by atoms with Crippen molar-refractivity contribution in [2.75, 3.05) is 0 Å². The summed E-state index contributed by atoms with van der Waals surface area (Å²) in [5.41, 5.74) is 1.82. The number of hydrogen-bond acceptors (Lipinski definition) is 4. The predicted octanol–water partition coefficient (Wildman–Crippen LogP) is 1.35. The quantitative estimate of drug-likeness (QED) is 0.761. The van der Waals surface area contributed by atoms with Crippen molar-refractivity contribution in [2.24, 2.45) is 0 Å². The Morgan fingerprint density at radius 1 is 1.69 bits per heavy atom. The Labute approximate surface area is 97.4 Å². The van der Waals surface area contributed by atoms with Gasteiger partial charge in [-0.25, -0.2) is 0 Å². The average molecular weight is 236 g/mol. The van der Waals surface area contributed by atoms with Gasteiger partial charge in [0.25, 0.3) is 5.91 Å². The maximum absolute atomic E-state index is 11.4. The molecule has 1 fully saturated rings. The van der Waals surface area contributed by atoms with Crippen LogP contribution in [0.15, 0.2) is 11.1 Å². The monoisotopic (exact) mass is 236 g/mol. The molecule has 0 bridgehead atoms. The van der Waals surface area contributed by atoms with Crippen LogP contribution in [-0.2, 0) is 11.3 Å². The lowest BCUT2D eigenvalue weighted by atomic mass is 10.2. The molecule has 6 heteroatoms. The van der Waals surface area contributed by atoms with Gasteiger partial charge >= 0.3 is 0 Å². The minimum absolute atomic E-state index is 0.178. The third-order valence-corrected chi connectivity index (χ3v) is 3.09. The number of aryl methyl sites for hydroxylation is 2. The second-order valence-corrected chi connectivity index (χ2v) is 4.47. The summed E-state index contributed by atoms with van der Waals surface area (Å²) >= 11 is 1.14. The molecule has 2 N–H and O–H groups in total. The van der Waals surface area contributed by atoms with E-state index in [0.29, 0.717) is 4.91 Å². The maximum atomic E-state index is 11.4. The molecule has 0 radical (unpaired) electrons. The van der Waals surface area contributed by atoms with Crippen LogP contribution in [0.25, 0.3) is 6.08 Å². The van der Waals surface area contributed by atoms with Crippen molar-refractivity contribution >= 4 is 28.9 Å². The van der Waals surface area contributed by atoms with Gasteiger partial charge in [0.05, 0.1) is 10.6 Å². The van der Waals surface area contributed by atoms with Gasteiger partial charge in [0.15, 0.2) is 5.17 Å². The van der Waals surface area contributed by atoms with Gasteiger partial charge in [0.1, 0.15) is 0 Å². The summed E-state index contributed by atoms with van der Waals surface area (Å²) in [6.45, 7) is 4.72. The van der Waals surface area contributed by atoms with Gasteiger partial charge in [-0.05, 0) is 31.7 Å². The molecule has 84 valence electrons. The van der Waals surface area contributed by atoms with Crippen molar-refractivity contribution in [1.29, 1.82) is 5.41 Å². The number of amidine groups is 1. The van der Waals surface area contributed by atoms with Gasteiger partial charge in [-0.2, -0.15) is 5.10 Å². The highest BCUT2D eigenvalue weighted by atomic mass is 32.2. The van der Waals surface area contributed by atoms with Crippen LogP contribution in [0.3, 0.4) is 0 Å². The minimum Gasteiger partial charge on any atom is -0.301 e. The largest absolute Gasteiger partial charge is 0.301 e. The second-order valence-electron chi connectivity index (χ2n) is 3.42. The van der Waals surface area contributed by atoms with Crippen LogP contribution in [-0.4, -0.2) is 20.9 Å². The molecule has 0 aliphatic carbocycles. The standard InChI is InChI=1S/C10H12N4OS/c1-3-14-5-7(6(2)13-14)4-8-9(15)12-10(11)16-8/h4-5H,3H2,1-2H3,(H2,11,12,15). The third-order valence-electron chi connectivity index (χ3n) is 2.26. The highest BCUT2D eigenvalue weighted by Gasteiger charge is 2.22. The molecule has 1 saturated heterocycles. The summed E-state index contributed by atoms with van der Waals surface area (Å²) in [4.78, 5) is 12.0. The van der Waals surface area contributed by atoms with E-state index in [1.165, 1.54) is 0 Å². The zero-order valence-electron chi connectivity index (χ0n) is 9.07. The van der Waals surface area contributed by atoms with E-state index in [4.69, 9.17) is 5.41 Å². The molecule has 0 atom stereocenters. The molecule has 0 spiro atoms. The van der Waals surface area contributed by atoms with E-state index in [1.54, 1.807) is 6.08 Å². The second kappa shape index (κ2) is 4.13. The first kappa shape index (κ1) is 10.9. The van der Waals surface area contributed by atoms with Crippen LogP contribution in [0.5, 0.6) is 0 Å². The third kappa shape index (κ3) is 2.01. The number of amides is 1. The normalized spacial score (nSPS) is 18.2. The fourth-order valence-electron chi connectivity index (χ4n) is 1.42. The topological polar surface area (TPSA) is 70.8 Å². The van der Waals surface area contributed by atoms with Gasteiger partial charge in [-0.15, -0.1) is 0 Å². The fourth-order valence-corrected chi connectivity index (χ4v) is 2.11. The molecule has 0 saturated carbocycles. The first-order chi connectivity index (χ1) is 7.60. The van der Waals surface area contributed by atoms with E-state index < -0.39 is 0 Å². The predicted molar refractivity (Wildman–Crippen MR) is 64.1 cm³/mol. The SMILES string of the molecule is CCn1cc(C=C2SC(=N)NC2=O)c(C)n1. The summed E-state index contributed by atoms with van der Waals surface area (Å²) in [7, 11) is 0. The molecule has 1 aliphatic rings. The molecule has 0 unspecified atom stereocenters. The molecule has 1 aromatic rings. The minimum atomic E-state index is -0.210. The number of carbonyl (C=O) groups excluding carboxylic acids is 1. The number of carbonyl (C=O) groups is 1. The zero-order chi connectivity index (χ0) is 11.7. The van der Waals surface area contributed by atoms with Crippen LogP contribution in [0.1, 0.15) is 18.2 Å². The smallest absolute Gasteiger partial charge is 0.264 e. The summed E-state index contributed by atoms with van der Waals surface area (Å²) < 4.78 is 1.82. The Balaban J connectivity index is 2.32. The Morgan fingerprint density at radius 2 is 2.44 bits per heavy atom. The fraction of sp³-hybridized carbons (Fsp3) is 0.300. The van der Waals surface area contributed by atoms with Gasteiger partial charge in [0.2, 0.25) is 0 Å². The average Bonchev–Trinajstić information content (AvgIpc) is 2.72. The first-order valence-electron chi connectivity index (χ1n) is 4.93. The Hall–Kier alpha value is -1.56. The summed E-state index contributed by atoms with van der Waals surface area (Å²) in [6, 6.07) is 0. The molecule has 1 aromatic heterocycles. The number of rotatable bonds is 2. The molecule has 0 aromatic carbocycles. The molecule has 2 rings (SSSR count). The first-order valence-corrected chi connectivity index (χ1v) is 5.75. The molecule has 1 amide bonds. The maximum Gasteiger partial charge on any atom is 0.264 e. The molecule has 1 aliphatic heterocycles. The van der Waals surface area contributed by atoms with E-state index in [2.05, 4.69) is 10.4 Å². The van der Waals surface area contributed by atoms with Gasteiger partial charge in [-0.3, -0.25) is 14.9 Å². The molecular weight excluding hydrogens is 224 g/mol. The van der Waals surface area contributed by atoms with Gasteiger partial charge in [0, 0.05) is 18.3 Å². The van der Waals surface area contributed by atoms with E-state index in [0.717, 1.165) is 29.6 Å². The highest BCUT2D eigenvalue weighted by molar-refractivity contribution is 8.18. The highest BCUT2D eigenvalue weighted by Crippen LogP contribution is 2.25. The van der Waals surface area contributed by atoms with Crippen molar-refractivity contribution < 1.29 is 4.79 Å². The van der Waals surface area contributed by atoms with Crippen LogP contribution >= 0.6 is 11.8 Å². The number of nitrogens with zero attached hydrogens (tertiary/aromatic N) is 2. The lowest BCUT2D eigenvalue weighted by Crippen LogP contribution is -2.18. The van der Waals surface area contributed by atoms with Crippen molar-refractivity contribution in [3.8, 4) is 0 Å². The molecule has 2 heterocycles. The molecular formula is C10H12N4OS. The number of nitrogens with one attached hydrogen (secondary N) is 2. The van der Waals surface area contributed by atoms with E-state index in [-0.39, 0.29) is 11.1 Å². The Bertz CT molecular complexity index is 489. The number of aromatic nitrogens is 2. The van der Waals surface area contributed by atoms with Gasteiger partial charge in [-0.1, -0.05) is 0 Å². The summed E-state index contributed by atoms with van der Waals surface area (Å²) in [6.07, 6.45) is 3.67. The van der Waals surface area contributed by atoms with Gasteiger partial charge < -0.3 is 5.32 Å². The lowest BCUT2D eigenvalue weighted by Gasteiger charge is -1.91. The van der Waals surface area contributed by atoms with Crippen LogP contribution in [0.2, 0.25) is 0 Å². The van der Waals surface area contributed by atoms with Crippen molar-refractivity contribution in [3.63, 3.8) is 0 Å². The van der Waals surface area contributed by atoms with Crippen molar-refractivity contribution in [3.05, 3.63) is 22.4 Å². The lowest BCUT2D eigenvalue weighted by molar-refractivity contribution is -0.115. The zero-order valence-corrected chi connectivity index (χ0v) is 9.89. The summed E-state index contributed by atoms with van der Waals surface area (Å²) in [5, 5.41) is 14.2. The number of hydrogen-bond donors (Lipinski definition) is 2. The Kier molecular flexibility index (Phi) is 2.82.